The standard InChI is InChI=1S/C21H33N3O4/c22-9-3-1-2-6-20(25)23-17(15-24-10-4-5-11-24)21(26)16-7-8-18-19(14-16)28-13-12-27-18/h7-8,14,17,21,26H,1-6,9-13,15,22H2,(H,23,25)/t17-,21?/m1/s1. The van der Waals surface area contributed by atoms with Gasteiger partial charge < -0.3 is 30.5 Å². The van der Waals surface area contributed by atoms with E-state index in [0.717, 1.165) is 37.9 Å². The molecule has 0 bridgehead atoms. The van der Waals surface area contributed by atoms with Crippen LogP contribution in [0.5, 0.6) is 11.5 Å². The number of amides is 1. The summed E-state index contributed by atoms with van der Waals surface area (Å²) in [4.78, 5) is 14.7. The molecule has 0 saturated carbocycles. The topological polar surface area (TPSA) is 97.1 Å². The number of nitrogens with one attached hydrogen (secondary N) is 1. The molecule has 0 spiro atoms. The Morgan fingerprint density at radius 1 is 1.14 bits per heavy atom. The molecule has 4 N–H and O–H groups in total. The Hall–Kier alpha value is -1.83. The first-order valence-electron chi connectivity index (χ1n) is 10.5. The molecular weight excluding hydrogens is 358 g/mol. The van der Waals surface area contributed by atoms with Crippen molar-refractivity contribution in [2.45, 2.75) is 50.7 Å². The Bertz CT molecular complexity index is 634. The van der Waals surface area contributed by atoms with Gasteiger partial charge in [0.2, 0.25) is 5.91 Å². The van der Waals surface area contributed by atoms with Crippen molar-refractivity contribution in [1.82, 2.24) is 10.2 Å². The second-order valence-electron chi connectivity index (χ2n) is 7.63. The average molecular weight is 392 g/mol. The molecule has 2 aliphatic heterocycles. The van der Waals surface area contributed by atoms with Crippen molar-refractivity contribution < 1.29 is 19.4 Å². The minimum Gasteiger partial charge on any atom is -0.486 e. The Morgan fingerprint density at radius 2 is 1.89 bits per heavy atom. The van der Waals surface area contributed by atoms with Crippen LogP contribution in [0.2, 0.25) is 0 Å². The van der Waals surface area contributed by atoms with E-state index in [4.69, 9.17) is 15.2 Å². The number of aliphatic hydroxyl groups excluding tert-OH is 1. The van der Waals surface area contributed by atoms with E-state index in [0.29, 0.717) is 44.2 Å². The van der Waals surface area contributed by atoms with Gasteiger partial charge in [0.05, 0.1) is 6.04 Å². The Morgan fingerprint density at radius 3 is 2.64 bits per heavy atom. The van der Waals surface area contributed by atoms with Crippen LogP contribution < -0.4 is 20.5 Å². The van der Waals surface area contributed by atoms with E-state index >= 15 is 0 Å². The highest BCUT2D eigenvalue weighted by molar-refractivity contribution is 5.76. The maximum absolute atomic E-state index is 12.4. The zero-order valence-electron chi connectivity index (χ0n) is 16.6. The SMILES string of the molecule is NCCCCCC(=O)N[C@H](CN1CCCC1)C(O)c1ccc2c(c1)OCCO2. The van der Waals surface area contributed by atoms with Crippen LogP contribution in [0.25, 0.3) is 0 Å². The van der Waals surface area contributed by atoms with Crippen molar-refractivity contribution in [3.8, 4) is 11.5 Å². The lowest BCUT2D eigenvalue weighted by molar-refractivity contribution is -0.123. The van der Waals surface area contributed by atoms with Gasteiger partial charge in [0.1, 0.15) is 19.3 Å². The Kier molecular flexibility index (Phi) is 7.94. The van der Waals surface area contributed by atoms with Crippen LogP contribution in [0.1, 0.15) is 50.2 Å². The van der Waals surface area contributed by atoms with Gasteiger partial charge in [0.15, 0.2) is 11.5 Å². The quantitative estimate of drug-likeness (QED) is 0.524. The third-order valence-electron chi connectivity index (χ3n) is 5.40. The lowest BCUT2D eigenvalue weighted by Gasteiger charge is -2.29. The molecule has 156 valence electrons. The molecule has 7 heteroatoms. The van der Waals surface area contributed by atoms with E-state index < -0.39 is 6.10 Å². The smallest absolute Gasteiger partial charge is 0.220 e. The molecule has 2 heterocycles. The number of ether oxygens (including phenoxy) is 2. The zero-order chi connectivity index (χ0) is 19.8. The van der Waals surface area contributed by atoms with E-state index in [9.17, 15) is 9.90 Å². The first-order valence-corrected chi connectivity index (χ1v) is 10.5. The first kappa shape index (κ1) is 20.9. The van der Waals surface area contributed by atoms with Crippen LogP contribution in [0.15, 0.2) is 18.2 Å². The van der Waals surface area contributed by atoms with E-state index in [-0.39, 0.29) is 11.9 Å². The lowest BCUT2D eigenvalue weighted by Crippen LogP contribution is -2.46. The summed E-state index contributed by atoms with van der Waals surface area (Å²) in [5, 5.41) is 14.1. The zero-order valence-corrected chi connectivity index (χ0v) is 16.6. The number of nitrogens with zero attached hydrogens (tertiary/aromatic N) is 1. The number of carbonyl (C=O) groups is 1. The van der Waals surface area contributed by atoms with Gasteiger partial charge in [-0.1, -0.05) is 12.5 Å². The summed E-state index contributed by atoms with van der Waals surface area (Å²) in [7, 11) is 0. The van der Waals surface area contributed by atoms with Gasteiger partial charge in [-0.25, -0.2) is 0 Å². The van der Waals surface area contributed by atoms with Crippen molar-refractivity contribution in [2.75, 3.05) is 39.4 Å². The summed E-state index contributed by atoms with van der Waals surface area (Å²) < 4.78 is 11.2. The minimum atomic E-state index is -0.801. The number of likely N-dealkylation sites (tertiary alicyclic amines) is 1. The largest absolute Gasteiger partial charge is 0.486 e. The van der Waals surface area contributed by atoms with Gasteiger partial charge in [-0.2, -0.15) is 0 Å². The molecule has 2 aliphatic rings. The summed E-state index contributed by atoms with van der Waals surface area (Å²) >= 11 is 0. The van der Waals surface area contributed by atoms with E-state index in [1.807, 2.05) is 18.2 Å². The number of fused-ring (bicyclic) bond motifs is 1. The monoisotopic (exact) mass is 391 g/mol. The minimum absolute atomic E-state index is 0.0159. The van der Waals surface area contributed by atoms with Crippen LogP contribution in [0, 0.1) is 0 Å². The van der Waals surface area contributed by atoms with Crippen LogP contribution in [-0.4, -0.2) is 61.3 Å². The van der Waals surface area contributed by atoms with Crippen LogP contribution >= 0.6 is 0 Å². The van der Waals surface area contributed by atoms with Crippen LogP contribution in [0.3, 0.4) is 0 Å². The maximum Gasteiger partial charge on any atom is 0.220 e. The molecule has 1 unspecified atom stereocenters. The molecule has 1 aromatic rings. The number of carbonyl (C=O) groups excluding carboxylic acids is 1. The van der Waals surface area contributed by atoms with Crippen LogP contribution in [0.4, 0.5) is 0 Å². The fourth-order valence-electron chi connectivity index (χ4n) is 3.83. The molecule has 2 atom stereocenters. The molecule has 1 fully saturated rings. The molecule has 7 nitrogen and oxygen atoms in total. The van der Waals surface area contributed by atoms with Gasteiger partial charge >= 0.3 is 0 Å². The maximum atomic E-state index is 12.4. The van der Waals surface area contributed by atoms with Gasteiger partial charge in [0.25, 0.3) is 0 Å². The Labute approximate surface area is 167 Å². The van der Waals surface area contributed by atoms with Gasteiger partial charge in [0, 0.05) is 13.0 Å². The van der Waals surface area contributed by atoms with Crippen molar-refractivity contribution >= 4 is 5.91 Å². The molecular formula is C21H33N3O4. The van der Waals surface area contributed by atoms with Gasteiger partial charge in [-0.3, -0.25) is 4.79 Å². The summed E-state index contributed by atoms with van der Waals surface area (Å²) in [6, 6.07) is 5.14. The number of aliphatic hydroxyl groups is 1. The first-order chi connectivity index (χ1) is 13.7. The molecule has 0 aromatic heterocycles. The highest BCUT2D eigenvalue weighted by Crippen LogP contribution is 2.33. The Balaban J connectivity index is 1.65. The molecule has 1 aromatic carbocycles. The van der Waals surface area contributed by atoms with E-state index in [2.05, 4.69) is 10.2 Å². The number of nitrogens with two attached hydrogens (primary N) is 1. The van der Waals surface area contributed by atoms with Crippen molar-refractivity contribution in [2.24, 2.45) is 5.73 Å². The number of hydrogen-bond acceptors (Lipinski definition) is 6. The summed E-state index contributed by atoms with van der Waals surface area (Å²) in [5.74, 6) is 1.33. The number of hydrogen-bond donors (Lipinski definition) is 3. The van der Waals surface area contributed by atoms with Gasteiger partial charge in [-0.15, -0.1) is 0 Å². The second kappa shape index (κ2) is 10.6. The normalized spacial score (nSPS) is 18.6. The fourth-order valence-corrected chi connectivity index (χ4v) is 3.83. The summed E-state index contributed by atoms with van der Waals surface area (Å²) in [6.45, 7) is 4.36. The third kappa shape index (κ3) is 5.83. The molecule has 0 aliphatic carbocycles. The highest BCUT2D eigenvalue weighted by Gasteiger charge is 2.27. The molecule has 28 heavy (non-hydrogen) atoms. The number of unbranched alkanes of at least 4 members (excludes halogenated alkanes) is 2. The molecule has 0 radical (unpaired) electrons. The van der Waals surface area contributed by atoms with Crippen molar-refractivity contribution in [1.29, 1.82) is 0 Å². The fraction of sp³-hybridized carbons (Fsp3) is 0.667. The predicted molar refractivity (Wildman–Crippen MR) is 108 cm³/mol. The lowest BCUT2D eigenvalue weighted by atomic mass is 10.0. The third-order valence-corrected chi connectivity index (χ3v) is 5.40. The molecule has 1 saturated heterocycles. The molecule has 3 rings (SSSR count). The van der Waals surface area contributed by atoms with Crippen LogP contribution in [-0.2, 0) is 4.79 Å². The average Bonchev–Trinajstić information content (AvgIpc) is 3.23. The van der Waals surface area contributed by atoms with Crippen molar-refractivity contribution in [3.05, 3.63) is 23.8 Å². The van der Waals surface area contributed by atoms with E-state index in [1.165, 1.54) is 12.8 Å². The number of benzene rings is 1. The number of rotatable bonds is 10. The summed E-state index contributed by atoms with van der Waals surface area (Å²) in [5.41, 5.74) is 6.25. The highest BCUT2D eigenvalue weighted by atomic mass is 16.6. The molecule has 1 amide bonds. The second-order valence-corrected chi connectivity index (χ2v) is 7.63. The summed E-state index contributed by atoms with van der Waals surface area (Å²) in [6.07, 6.45) is 4.70. The van der Waals surface area contributed by atoms with E-state index in [1.54, 1.807) is 0 Å². The van der Waals surface area contributed by atoms with Crippen molar-refractivity contribution in [3.63, 3.8) is 0 Å². The predicted octanol–water partition coefficient (Wildman–Crippen LogP) is 1.59. The van der Waals surface area contributed by atoms with Gasteiger partial charge in [-0.05, 0) is 63.0 Å².